The van der Waals surface area contributed by atoms with Crippen molar-refractivity contribution in [1.82, 2.24) is 0 Å². The van der Waals surface area contributed by atoms with Gasteiger partial charge in [-0.1, -0.05) is 36.4 Å². The third-order valence-corrected chi connectivity index (χ3v) is 3.65. The molecule has 0 bridgehead atoms. The minimum absolute atomic E-state index is 0.0737. The SMILES string of the molecule is CCOc1ccc(-c2ccc(CCC=CCCF)cc2)c(F)c1F. The highest BCUT2D eigenvalue weighted by atomic mass is 19.2. The zero-order chi connectivity index (χ0) is 17.4. The summed E-state index contributed by atoms with van der Waals surface area (Å²) in [6.07, 6.45) is 5.87. The van der Waals surface area contributed by atoms with E-state index in [0.29, 0.717) is 12.0 Å². The molecule has 0 heterocycles. The molecule has 2 aromatic rings. The van der Waals surface area contributed by atoms with Crippen molar-refractivity contribution in [3.05, 3.63) is 65.7 Å². The lowest BCUT2D eigenvalue weighted by molar-refractivity contribution is 0.314. The zero-order valence-electron chi connectivity index (χ0n) is 13.7. The predicted molar refractivity (Wildman–Crippen MR) is 91.0 cm³/mol. The quantitative estimate of drug-likeness (QED) is 0.548. The Bertz CT molecular complexity index is 678. The number of aryl methyl sites for hydroxylation is 1. The number of hydrogen-bond acceptors (Lipinski definition) is 1. The average molecular weight is 334 g/mol. The molecule has 0 unspecified atom stereocenters. The molecule has 4 heteroatoms. The molecule has 0 aromatic heterocycles. The van der Waals surface area contributed by atoms with E-state index in [1.807, 2.05) is 24.3 Å². The first-order chi connectivity index (χ1) is 11.7. The fraction of sp³-hybridized carbons (Fsp3) is 0.300. The van der Waals surface area contributed by atoms with Gasteiger partial charge in [0.1, 0.15) is 0 Å². The van der Waals surface area contributed by atoms with E-state index < -0.39 is 11.6 Å². The number of alkyl halides is 1. The topological polar surface area (TPSA) is 9.23 Å². The smallest absolute Gasteiger partial charge is 0.201 e. The van der Waals surface area contributed by atoms with Crippen LogP contribution in [0.25, 0.3) is 11.1 Å². The van der Waals surface area contributed by atoms with Crippen LogP contribution in [0.2, 0.25) is 0 Å². The highest BCUT2D eigenvalue weighted by Crippen LogP contribution is 2.30. The van der Waals surface area contributed by atoms with Gasteiger partial charge in [-0.15, -0.1) is 0 Å². The maximum atomic E-state index is 14.2. The van der Waals surface area contributed by atoms with Crippen LogP contribution in [-0.4, -0.2) is 13.3 Å². The summed E-state index contributed by atoms with van der Waals surface area (Å²) in [6.45, 7) is 1.66. The Kier molecular flexibility index (Phi) is 6.91. The van der Waals surface area contributed by atoms with Crippen LogP contribution in [0.15, 0.2) is 48.6 Å². The summed E-state index contributed by atoms with van der Waals surface area (Å²) in [7, 11) is 0. The molecule has 0 saturated heterocycles. The predicted octanol–water partition coefficient (Wildman–Crippen LogP) is 5.88. The molecule has 0 aliphatic heterocycles. The average Bonchev–Trinajstić information content (AvgIpc) is 2.60. The molecule has 2 rings (SSSR count). The van der Waals surface area contributed by atoms with Gasteiger partial charge in [-0.05, 0) is 49.4 Å². The van der Waals surface area contributed by atoms with Gasteiger partial charge in [-0.25, -0.2) is 4.39 Å². The fourth-order valence-corrected chi connectivity index (χ4v) is 2.42. The first-order valence-corrected chi connectivity index (χ1v) is 8.08. The first-order valence-electron chi connectivity index (χ1n) is 8.08. The van der Waals surface area contributed by atoms with Crippen molar-refractivity contribution in [2.24, 2.45) is 0 Å². The Hall–Kier alpha value is -2.23. The van der Waals surface area contributed by atoms with Gasteiger partial charge in [0.25, 0.3) is 0 Å². The maximum absolute atomic E-state index is 14.2. The Labute approximate surface area is 140 Å². The maximum Gasteiger partial charge on any atom is 0.201 e. The monoisotopic (exact) mass is 334 g/mol. The van der Waals surface area contributed by atoms with Crippen molar-refractivity contribution in [2.45, 2.75) is 26.2 Å². The fourth-order valence-electron chi connectivity index (χ4n) is 2.42. The summed E-state index contributed by atoms with van der Waals surface area (Å²) >= 11 is 0. The third kappa shape index (κ3) is 4.63. The van der Waals surface area contributed by atoms with Gasteiger partial charge in [0.15, 0.2) is 11.6 Å². The minimum atomic E-state index is -0.962. The molecular weight excluding hydrogens is 313 g/mol. The van der Waals surface area contributed by atoms with E-state index in [2.05, 4.69) is 0 Å². The van der Waals surface area contributed by atoms with Gasteiger partial charge in [0.2, 0.25) is 5.82 Å². The van der Waals surface area contributed by atoms with Crippen LogP contribution in [0.1, 0.15) is 25.3 Å². The second-order valence-corrected chi connectivity index (χ2v) is 5.36. The molecule has 2 aromatic carbocycles. The van der Waals surface area contributed by atoms with E-state index in [0.717, 1.165) is 18.4 Å². The van der Waals surface area contributed by atoms with Crippen molar-refractivity contribution >= 4 is 0 Å². The number of hydrogen-bond donors (Lipinski definition) is 0. The summed E-state index contributed by atoms with van der Waals surface area (Å²) in [4.78, 5) is 0. The minimum Gasteiger partial charge on any atom is -0.491 e. The van der Waals surface area contributed by atoms with Gasteiger partial charge in [0.05, 0.1) is 13.3 Å². The number of rotatable bonds is 8. The lowest BCUT2D eigenvalue weighted by atomic mass is 10.0. The molecule has 0 N–H and O–H groups in total. The summed E-state index contributed by atoms with van der Waals surface area (Å²) in [5.74, 6) is -1.94. The summed E-state index contributed by atoms with van der Waals surface area (Å²) in [5.41, 5.74) is 1.92. The highest BCUT2D eigenvalue weighted by molar-refractivity contribution is 5.65. The summed E-state index contributed by atoms with van der Waals surface area (Å²) < 4.78 is 45.2. The molecule has 128 valence electrons. The van der Waals surface area contributed by atoms with Crippen molar-refractivity contribution in [3.8, 4) is 16.9 Å². The van der Waals surface area contributed by atoms with E-state index in [1.165, 1.54) is 12.1 Å². The largest absolute Gasteiger partial charge is 0.491 e. The van der Waals surface area contributed by atoms with Crippen molar-refractivity contribution in [2.75, 3.05) is 13.3 Å². The van der Waals surface area contributed by atoms with Gasteiger partial charge >= 0.3 is 0 Å². The van der Waals surface area contributed by atoms with E-state index in [-0.39, 0.29) is 24.6 Å². The molecule has 0 amide bonds. The van der Waals surface area contributed by atoms with Crippen molar-refractivity contribution in [1.29, 1.82) is 0 Å². The van der Waals surface area contributed by atoms with Gasteiger partial charge in [-0.3, -0.25) is 4.39 Å². The Morgan fingerprint density at radius 2 is 1.62 bits per heavy atom. The lowest BCUT2D eigenvalue weighted by Crippen LogP contribution is -1.98. The molecule has 0 aliphatic rings. The number of halogens is 3. The van der Waals surface area contributed by atoms with Crippen LogP contribution in [0.4, 0.5) is 13.2 Å². The van der Waals surface area contributed by atoms with E-state index in [9.17, 15) is 13.2 Å². The molecule has 0 aliphatic carbocycles. The highest BCUT2D eigenvalue weighted by Gasteiger charge is 2.15. The van der Waals surface area contributed by atoms with Gasteiger partial charge < -0.3 is 4.74 Å². The van der Waals surface area contributed by atoms with Crippen molar-refractivity contribution in [3.63, 3.8) is 0 Å². The second kappa shape index (κ2) is 9.16. The standard InChI is InChI=1S/C20H21F3O/c1-2-24-18-13-12-17(19(22)20(18)23)16-10-8-15(9-11-16)7-5-3-4-6-14-21/h3-4,8-13H,2,5-7,14H2,1H3. The third-order valence-electron chi connectivity index (χ3n) is 3.65. The number of benzene rings is 2. The Balaban J connectivity index is 2.09. The number of ether oxygens (including phenoxy) is 1. The van der Waals surface area contributed by atoms with Crippen LogP contribution in [-0.2, 0) is 6.42 Å². The molecule has 24 heavy (non-hydrogen) atoms. The molecule has 0 saturated carbocycles. The van der Waals surface area contributed by atoms with E-state index in [1.54, 1.807) is 19.1 Å². The van der Waals surface area contributed by atoms with Gasteiger partial charge in [-0.2, -0.15) is 4.39 Å². The lowest BCUT2D eigenvalue weighted by Gasteiger charge is -2.09. The van der Waals surface area contributed by atoms with Crippen LogP contribution in [0.5, 0.6) is 5.75 Å². The molecule has 0 radical (unpaired) electrons. The normalized spacial score (nSPS) is 11.2. The first kappa shape index (κ1) is 18.1. The van der Waals surface area contributed by atoms with Gasteiger partial charge in [0, 0.05) is 5.56 Å². The van der Waals surface area contributed by atoms with E-state index >= 15 is 0 Å². The number of allylic oxidation sites excluding steroid dienone is 2. The summed E-state index contributed by atoms with van der Waals surface area (Å²) in [5, 5.41) is 0. The Morgan fingerprint density at radius 1 is 0.917 bits per heavy atom. The second-order valence-electron chi connectivity index (χ2n) is 5.36. The molecule has 1 nitrogen and oxygen atoms in total. The Morgan fingerprint density at radius 3 is 2.29 bits per heavy atom. The van der Waals surface area contributed by atoms with Crippen LogP contribution in [0, 0.1) is 11.6 Å². The van der Waals surface area contributed by atoms with Crippen LogP contribution < -0.4 is 4.74 Å². The van der Waals surface area contributed by atoms with Crippen molar-refractivity contribution < 1.29 is 17.9 Å². The molecule has 0 spiro atoms. The van der Waals surface area contributed by atoms with Crippen LogP contribution in [0.3, 0.4) is 0 Å². The molecule has 0 atom stereocenters. The summed E-state index contributed by atoms with van der Waals surface area (Å²) in [6, 6.07) is 10.3. The zero-order valence-corrected chi connectivity index (χ0v) is 13.7. The van der Waals surface area contributed by atoms with E-state index in [4.69, 9.17) is 4.74 Å². The molecular formula is C20H21F3O. The molecule has 0 fully saturated rings. The van der Waals surface area contributed by atoms with Crippen LogP contribution >= 0.6 is 0 Å².